The first kappa shape index (κ1) is 19.9. The Bertz CT molecular complexity index is 950. The molecule has 4 heteroatoms. The van der Waals surface area contributed by atoms with E-state index in [-0.39, 0.29) is 5.91 Å². The molecule has 4 nitrogen and oxygen atoms in total. The maximum Gasteiger partial charge on any atom is 0.253 e. The summed E-state index contributed by atoms with van der Waals surface area (Å²) in [4.78, 5) is 13.7. The normalized spacial score (nSPS) is 11.1. The van der Waals surface area contributed by atoms with E-state index < -0.39 is 0 Å². The van der Waals surface area contributed by atoms with Crippen molar-refractivity contribution < 1.29 is 4.79 Å². The smallest absolute Gasteiger partial charge is 0.253 e. The summed E-state index contributed by atoms with van der Waals surface area (Å²) >= 11 is 0. The van der Waals surface area contributed by atoms with Crippen molar-refractivity contribution in [2.45, 2.75) is 39.5 Å². The summed E-state index contributed by atoms with van der Waals surface area (Å²) < 4.78 is 1.98. The summed E-state index contributed by atoms with van der Waals surface area (Å²) in [6.07, 6.45) is 4.23. The van der Waals surface area contributed by atoms with Crippen molar-refractivity contribution in [3.8, 4) is 16.8 Å². The molecule has 0 fully saturated rings. The van der Waals surface area contributed by atoms with E-state index in [1.165, 1.54) is 5.56 Å². The fraction of sp³-hybridized carbons (Fsp3) is 0.333. The Hall–Kier alpha value is -2.88. The van der Waals surface area contributed by atoms with Crippen molar-refractivity contribution in [3.63, 3.8) is 0 Å². The lowest BCUT2D eigenvalue weighted by molar-refractivity contribution is 0.0827. The minimum Gasteiger partial charge on any atom is -0.345 e. The zero-order valence-corrected chi connectivity index (χ0v) is 17.4. The second-order valence-corrected chi connectivity index (χ2v) is 7.47. The van der Waals surface area contributed by atoms with Gasteiger partial charge in [0.15, 0.2) is 0 Å². The van der Waals surface area contributed by atoms with Crippen molar-refractivity contribution in [2.24, 2.45) is 0 Å². The van der Waals surface area contributed by atoms with Gasteiger partial charge in [-0.25, -0.2) is 4.68 Å². The summed E-state index contributed by atoms with van der Waals surface area (Å²) in [5.41, 5.74) is 6.39. The zero-order valence-electron chi connectivity index (χ0n) is 17.4. The molecule has 0 aliphatic heterocycles. The van der Waals surface area contributed by atoms with Gasteiger partial charge >= 0.3 is 0 Å². The highest BCUT2D eigenvalue weighted by Crippen LogP contribution is 2.32. The first-order chi connectivity index (χ1) is 13.4. The number of amides is 1. The minimum atomic E-state index is 0.0170. The largest absolute Gasteiger partial charge is 0.345 e. The predicted octanol–water partition coefficient (Wildman–Crippen LogP) is 5.45. The highest BCUT2D eigenvalue weighted by atomic mass is 16.2. The molecule has 0 N–H and O–H groups in total. The summed E-state index contributed by atoms with van der Waals surface area (Å²) in [7, 11) is 3.54. The minimum absolute atomic E-state index is 0.0170. The molecule has 0 saturated carbocycles. The monoisotopic (exact) mass is 375 g/mol. The molecule has 0 radical (unpaired) electrons. The molecular weight excluding hydrogens is 346 g/mol. The highest BCUT2D eigenvalue weighted by molar-refractivity contribution is 5.94. The molecule has 1 heterocycles. The Morgan fingerprint density at radius 1 is 1.00 bits per heavy atom. The number of hydrogen-bond acceptors (Lipinski definition) is 2. The molecule has 0 spiro atoms. The van der Waals surface area contributed by atoms with Crippen LogP contribution >= 0.6 is 0 Å². The number of rotatable bonds is 6. The van der Waals surface area contributed by atoms with Gasteiger partial charge in [0.1, 0.15) is 0 Å². The third-order valence-electron chi connectivity index (χ3n) is 5.30. The van der Waals surface area contributed by atoms with Gasteiger partial charge in [-0.05, 0) is 66.6 Å². The van der Waals surface area contributed by atoms with E-state index in [4.69, 9.17) is 0 Å². The molecule has 0 aliphatic rings. The number of carbonyl (C=O) groups is 1. The Balaban J connectivity index is 2.04. The average molecular weight is 376 g/mol. The SMILES string of the molecule is CCC(CC)c1ccc(-c2ccc(C(=O)N(C)C)cc2)cc1-n1ccc(C)n1. The van der Waals surface area contributed by atoms with Gasteiger partial charge in [0, 0.05) is 25.9 Å². The number of aryl methyl sites for hydroxylation is 1. The summed E-state index contributed by atoms with van der Waals surface area (Å²) in [5.74, 6) is 0.525. The maximum atomic E-state index is 12.1. The lowest BCUT2D eigenvalue weighted by Crippen LogP contribution is -2.21. The Morgan fingerprint density at radius 2 is 1.64 bits per heavy atom. The molecule has 0 aliphatic carbocycles. The van der Waals surface area contributed by atoms with Gasteiger partial charge < -0.3 is 4.90 Å². The molecule has 0 saturated heterocycles. The van der Waals surface area contributed by atoms with Crippen LogP contribution in [0.4, 0.5) is 0 Å². The Kier molecular flexibility index (Phi) is 5.98. The van der Waals surface area contributed by atoms with Gasteiger partial charge in [-0.2, -0.15) is 5.10 Å². The van der Waals surface area contributed by atoms with E-state index >= 15 is 0 Å². The molecule has 3 aromatic rings. The van der Waals surface area contributed by atoms with Crippen molar-refractivity contribution in [1.29, 1.82) is 0 Å². The van der Waals surface area contributed by atoms with Crippen LogP contribution in [-0.4, -0.2) is 34.7 Å². The average Bonchev–Trinajstić information content (AvgIpc) is 3.15. The number of aromatic nitrogens is 2. The molecule has 146 valence electrons. The van der Waals surface area contributed by atoms with Crippen molar-refractivity contribution in [3.05, 3.63) is 71.5 Å². The standard InChI is InChI=1S/C24H29N3O/c1-6-18(7-2)22-13-12-21(16-23(22)27-15-14-17(3)25-27)19-8-10-20(11-9-19)24(28)26(4)5/h8-16,18H,6-7H2,1-5H3. The molecule has 28 heavy (non-hydrogen) atoms. The molecule has 2 aromatic carbocycles. The third-order valence-corrected chi connectivity index (χ3v) is 5.30. The van der Waals surface area contributed by atoms with Crippen LogP contribution < -0.4 is 0 Å². The molecular formula is C24H29N3O. The van der Waals surface area contributed by atoms with Gasteiger partial charge in [-0.3, -0.25) is 4.79 Å². The van der Waals surface area contributed by atoms with E-state index in [9.17, 15) is 4.79 Å². The van der Waals surface area contributed by atoms with Crippen molar-refractivity contribution in [1.82, 2.24) is 14.7 Å². The summed E-state index contributed by atoms with van der Waals surface area (Å²) in [6.45, 7) is 6.49. The Morgan fingerprint density at radius 3 is 2.18 bits per heavy atom. The maximum absolute atomic E-state index is 12.1. The Labute approximate surface area is 167 Å². The topological polar surface area (TPSA) is 38.1 Å². The fourth-order valence-corrected chi connectivity index (χ4v) is 3.61. The number of nitrogens with zero attached hydrogens (tertiary/aromatic N) is 3. The van der Waals surface area contributed by atoms with Crippen LogP contribution in [0.2, 0.25) is 0 Å². The van der Waals surface area contributed by atoms with Crippen LogP contribution in [0, 0.1) is 6.92 Å². The second kappa shape index (κ2) is 8.42. The third kappa shape index (κ3) is 4.01. The highest BCUT2D eigenvalue weighted by Gasteiger charge is 2.16. The number of hydrogen-bond donors (Lipinski definition) is 0. The first-order valence-electron chi connectivity index (χ1n) is 9.93. The van der Waals surface area contributed by atoms with Crippen LogP contribution in [0.1, 0.15) is 54.2 Å². The van der Waals surface area contributed by atoms with Crippen LogP contribution in [0.5, 0.6) is 0 Å². The van der Waals surface area contributed by atoms with Crippen molar-refractivity contribution in [2.75, 3.05) is 14.1 Å². The first-order valence-corrected chi connectivity index (χ1v) is 9.93. The van der Waals surface area contributed by atoms with E-state index in [1.54, 1.807) is 19.0 Å². The van der Waals surface area contributed by atoms with Crippen molar-refractivity contribution >= 4 is 5.91 Å². The second-order valence-electron chi connectivity index (χ2n) is 7.47. The van der Waals surface area contributed by atoms with E-state index in [2.05, 4.69) is 37.1 Å². The van der Waals surface area contributed by atoms with E-state index in [0.717, 1.165) is 35.3 Å². The van der Waals surface area contributed by atoms with Gasteiger partial charge in [-0.15, -0.1) is 0 Å². The molecule has 0 bridgehead atoms. The van der Waals surface area contributed by atoms with E-state index in [1.807, 2.05) is 48.1 Å². The quantitative estimate of drug-likeness (QED) is 0.574. The summed E-state index contributed by atoms with van der Waals surface area (Å²) in [5, 5.41) is 4.65. The van der Waals surface area contributed by atoms with Crippen LogP contribution in [0.3, 0.4) is 0 Å². The van der Waals surface area contributed by atoms with E-state index in [0.29, 0.717) is 11.5 Å². The van der Waals surface area contributed by atoms with Crippen LogP contribution in [-0.2, 0) is 0 Å². The number of benzene rings is 2. The fourth-order valence-electron chi connectivity index (χ4n) is 3.61. The van der Waals surface area contributed by atoms with Gasteiger partial charge in [0.2, 0.25) is 0 Å². The summed E-state index contributed by atoms with van der Waals surface area (Å²) in [6, 6.07) is 16.5. The van der Waals surface area contributed by atoms with Crippen LogP contribution in [0.25, 0.3) is 16.8 Å². The lowest BCUT2D eigenvalue weighted by Gasteiger charge is -2.19. The molecule has 3 rings (SSSR count). The zero-order chi connectivity index (χ0) is 20.3. The molecule has 0 atom stereocenters. The molecule has 0 unspecified atom stereocenters. The van der Waals surface area contributed by atoms with Crippen LogP contribution in [0.15, 0.2) is 54.7 Å². The lowest BCUT2D eigenvalue weighted by atomic mass is 9.90. The molecule has 1 aromatic heterocycles. The van der Waals surface area contributed by atoms with Gasteiger partial charge in [-0.1, -0.05) is 38.1 Å². The number of carbonyl (C=O) groups excluding carboxylic acids is 1. The van der Waals surface area contributed by atoms with Gasteiger partial charge in [0.05, 0.1) is 11.4 Å². The van der Waals surface area contributed by atoms with Gasteiger partial charge in [0.25, 0.3) is 5.91 Å². The molecule has 1 amide bonds. The predicted molar refractivity (Wildman–Crippen MR) is 115 cm³/mol.